The monoisotopic (exact) mass is 354 g/mol. The molecule has 0 saturated carbocycles. The molecule has 3 aromatic rings. The first-order valence-corrected chi connectivity index (χ1v) is 8.23. The Morgan fingerprint density at radius 3 is 2.68 bits per heavy atom. The molecule has 1 atom stereocenters. The third-order valence-electron chi connectivity index (χ3n) is 4.42. The highest BCUT2D eigenvalue weighted by atomic mass is 35.5. The molecule has 6 heteroatoms. The lowest BCUT2D eigenvalue weighted by Gasteiger charge is -2.19. The third-order valence-corrected chi connectivity index (χ3v) is 4.66. The van der Waals surface area contributed by atoms with Crippen LogP contribution in [0.25, 0.3) is 11.0 Å². The highest BCUT2D eigenvalue weighted by Crippen LogP contribution is 2.33. The standard InChI is InChI=1S/C19H15ClN2O3/c1-19(16-10-13-6-2-3-8-15(13)25-16)17(23)22(18(24)21-19)11-12-5-4-7-14(20)9-12/h2-10H,11H2,1H3,(H,21,24). The van der Waals surface area contributed by atoms with Crippen LogP contribution in [0.2, 0.25) is 5.02 Å². The van der Waals surface area contributed by atoms with Crippen LogP contribution < -0.4 is 5.32 Å². The molecule has 126 valence electrons. The highest BCUT2D eigenvalue weighted by Gasteiger charge is 2.51. The van der Waals surface area contributed by atoms with Crippen LogP contribution >= 0.6 is 11.6 Å². The number of nitrogens with one attached hydrogen (secondary N) is 1. The van der Waals surface area contributed by atoms with Crippen molar-refractivity contribution < 1.29 is 14.0 Å². The number of furan rings is 1. The summed E-state index contributed by atoms with van der Waals surface area (Å²) >= 11 is 5.98. The molecule has 1 saturated heterocycles. The summed E-state index contributed by atoms with van der Waals surface area (Å²) in [6.07, 6.45) is 0. The Morgan fingerprint density at radius 2 is 1.92 bits per heavy atom. The predicted octanol–water partition coefficient (Wildman–Crippen LogP) is 4.05. The zero-order valence-corrected chi connectivity index (χ0v) is 14.2. The smallest absolute Gasteiger partial charge is 0.325 e. The number of nitrogens with zero attached hydrogens (tertiary/aromatic N) is 1. The number of amides is 3. The zero-order chi connectivity index (χ0) is 17.6. The Bertz CT molecular complexity index is 964. The first kappa shape index (κ1) is 15.7. The van der Waals surface area contributed by atoms with Gasteiger partial charge in [0.2, 0.25) is 0 Å². The van der Waals surface area contributed by atoms with Gasteiger partial charge in [-0.25, -0.2) is 4.79 Å². The van der Waals surface area contributed by atoms with Crippen LogP contribution in [0.15, 0.2) is 59.0 Å². The molecule has 4 rings (SSSR count). The van der Waals surface area contributed by atoms with Gasteiger partial charge in [-0.05, 0) is 36.8 Å². The van der Waals surface area contributed by atoms with Gasteiger partial charge in [0.15, 0.2) is 5.54 Å². The minimum absolute atomic E-state index is 0.154. The second kappa shape index (κ2) is 5.63. The molecular weight excluding hydrogens is 340 g/mol. The normalized spacial score (nSPS) is 20.3. The van der Waals surface area contributed by atoms with E-state index in [1.54, 1.807) is 31.2 Å². The molecule has 1 aliphatic heterocycles. The first-order chi connectivity index (χ1) is 12.0. The number of halogens is 1. The van der Waals surface area contributed by atoms with Crippen LogP contribution in [-0.4, -0.2) is 16.8 Å². The maximum absolute atomic E-state index is 13.0. The molecule has 1 aliphatic rings. The Balaban J connectivity index is 1.67. The summed E-state index contributed by atoms with van der Waals surface area (Å²) in [6.45, 7) is 1.81. The molecule has 1 aromatic heterocycles. The van der Waals surface area contributed by atoms with Crippen LogP contribution in [0.4, 0.5) is 4.79 Å². The van der Waals surface area contributed by atoms with E-state index in [2.05, 4.69) is 5.32 Å². The molecule has 5 nitrogen and oxygen atoms in total. The van der Waals surface area contributed by atoms with Crippen molar-refractivity contribution in [1.29, 1.82) is 0 Å². The minimum atomic E-state index is -1.23. The molecular formula is C19H15ClN2O3. The largest absolute Gasteiger partial charge is 0.458 e. The number of hydrogen-bond donors (Lipinski definition) is 1. The fourth-order valence-electron chi connectivity index (χ4n) is 3.05. The molecule has 0 aliphatic carbocycles. The van der Waals surface area contributed by atoms with Crippen molar-refractivity contribution in [1.82, 2.24) is 10.2 Å². The number of benzene rings is 2. The summed E-state index contributed by atoms with van der Waals surface area (Å²) in [7, 11) is 0. The molecule has 3 amide bonds. The third kappa shape index (κ3) is 2.57. The van der Waals surface area contributed by atoms with Crippen LogP contribution in [-0.2, 0) is 16.9 Å². The number of hydrogen-bond acceptors (Lipinski definition) is 3. The fraction of sp³-hybridized carbons (Fsp3) is 0.158. The van der Waals surface area contributed by atoms with Gasteiger partial charge in [0, 0.05) is 10.4 Å². The summed E-state index contributed by atoms with van der Waals surface area (Å²) in [5.41, 5.74) is 0.230. The number of fused-ring (bicyclic) bond motifs is 1. The van der Waals surface area contributed by atoms with Crippen molar-refractivity contribution in [2.24, 2.45) is 0 Å². The molecule has 1 N–H and O–H groups in total. The van der Waals surface area contributed by atoms with Crippen molar-refractivity contribution in [3.8, 4) is 0 Å². The zero-order valence-electron chi connectivity index (χ0n) is 13.5. The quantitative estimate of drug-likeness (QED) is 0.722. The lowest BCUT2D eigenvalue weighted by atomic mass is 9.98. The highest BCUT2D eigenvalue weighted by molar-refractivity contribution is 6.30. The number of imide groups is 1. The summed E-state index contributed by atoms with van der Waals surface area (Å²) in [5, 5.41) is 4.20. The average Bonchev–Trinajstić information content (AvgIpc) is 3.11. The van der Waals surface area contributed by atoms with Gasteiger partial charge in [-0.15, -0.1) is 0 Å². The SMILES string of the molecule is CC1(c2cc3ccccc3o2)NC(=O)N(Cc2cccc(Cl)c2)C1=O. The molecule has 2 aromatic carbocycles. The van der Waals surface area contributed by atoms with Gasteiger partial charge in [0.1, 0.15) is 11.3 Å². The molecule has 25 heavy (non-hydrogen) atoms. The lowest BCUT2D eigenvalue weighted by molar-refractivity contribution is -0.132. The van der Waals surface area contributed by atoms with Crippen molar-refractivity contribution in [3.05, 3.63) is 70.9 Å². The average molecular weight is 355 g/mol. The van der Waals surface area contributed by atoms with E-state index in [4.69, 9.17) is 16.0 Å². The predicted molar refractivity (Wildman–Crippen MR) is 94.1 cm³/mol. The lowest BCUT2D eigenvalue weighted by Crippen LogP contribution is -2.40. The maximum atomic E-state index is 13.0. The number of urea groups is 1. The topological polar surface area (TPSA) is 62.6 Å². The van der Waals surface area contributed by atoms with Crippen LogP contribution in [0, 0.1) is 0 Å². The molecule has 0 radical (unpaired) electrons. The van der Waals surface area contributed by atoms with Gasteiger partial charge in [0.05, 0.1) is 6.54 Å². The van der Waals surface area contributed by atoms with Gasteiger partial charge >= 0.3 is 6.03 Å². The minimum Gasteiger partial charge on any atom is -0.458 e. The molecule has 1 unspecified atom stereocenters. The Hall–Kier alpha value is -2.79. The molecule has 0 spiro atoms. The number of rotatable bonds is 3. The second-order valence-electron chi connectivity index (χ2n) is 6.22. The summed E-state index contributed by atoms with van der Waals surface area (Å²) < 4.78 is 5.81. The molecule has 0 bridgehead atoms. The maximum Gasteiger partial charge on any atom is 0.325 e. The number of carbonyl (C=O) groups excluding carboxylic acids is 2. The molecule has 2 heterocycles. The van der Waals surface area contributed by atoms with Gasteiger partial charge in [0.25, 0.3) is 5.91 Å². The van der Waals surface area contributed by atoms with E-state index in [-0.39, 0.29) is 12.5 Å². The van der Waals surface area contributed by atoms with E-state index in [0.717, 1.165) is 10.9 Å². The summed E-state index contributed by atoms with van der Waals surface area (Å²) in [6, 6.07) is 15.9. The number of carbonyl (C=O) groups is 2. The van der Waals surface area contributed by atoms with E-state index in [1.165, 1.54) is 4.90 Å². The van der Waals surface area contributed by atoms with Gasteiger partial charge in [-0.3, -0.25) is 9.69 Å². The van der Waals surface area contributed by atoms with Gasteiger partial charge < -0.3 is 9.73 Å². The Labute approximate surface area is 149 Å². The summed E-state index contributed by atoms with van der Waals surface area (Å²) in [4.78, 5) is 26.5. The van der Waals surface area contributed by atoms with Gasteiger partial charge in [-0.1, -0.05) is 41.9 Å². The first-order valence-electron chi connectivity index (χ1n) is 7.85. The van der Waals surface area contributed by atoms with Crippen molar-refractivity contribution in [2.75, 3.05) is 0 Å². The van der Waals surface area contributed by atoms with Gasteiger partial charge in [-0.2, -0.15) is 0 Å². The van der Waals surface area contributed by atoms with E-state index in [0.29, 0.717) is 16.4 Å². The van der Waals surface area contributed by atoms with E-state index in [1.807, 2.05) is 30.3 Å². The van der Waals surface area contributed by atoms with Crippen molar-refractivity contribution in [2.45, 2.75) is 19.0 Å². The van der Waals surface area contributed by atoms with Crippen LogP contribution in [0.3, 0.4) is 0 Å². The second-order valence-corrected chi connectivity index (χ2v) is 6.66. The van der Waals surface area contributed by atoms with E-state index >= 15 is 0 Å². The Kier molecular flexibility index (Phi) is 3.54. The van der Waals surface area contributed by atoms with Crippen LogP contribution in [0.1, 0.15) is 18.2 Å². The molecule has 1 fully saturated rings. The van der Waals surface area contributed by atoms with E-state index < -0.39 is 11.6 Å². The Morgan fingerprint density at radius 1 is 1.12 bits per heavy atom. The van der Waals surface area contributed by atoms with E-state index in [9.17, 15) is 9.59 Å². The summed E-state index contributed by atoms with van der Waals surface area (Å²) in [5.74, 6) is 0.0668. The van der Waals surface area contributed by atoms with Crippen LogP contribution in [0.5, 0.6) is 0 Å². The number of para-hydroxylation sites is 1. The fourth-order valence-corrected chi connectivity index (χ4v) is 3.27. The van der Waals surface area contributed by atoms with Crippen molar-refractivity contribution in [3.63, 3.8) is 0 Å². The van der Waals surface area contributed by atoms with Crippen molar-refractivity contribution >= 4 is 34.5 Å².